The topological polar surface area (TPSA) is 80.5 Å². The van der Waals surface area contributed by atoms with Gasteiger partial charge < -0.3 is 15.5 Å². The van der Waals surface area contributed by atoms with Gasteiger partial charge in [-0.25, -0.2) is 0 Å². The summed E-state index contributed by atoms with van der Waals surface area (Å²) in [7, 11) is 3.60. The fourth-order valence-electron chi connectivity index (χ4n) is 3.02. The van der Waals surface area contributed by atoms with E-state index in [0.717, 1.165) is 41.4 Å². The second-order valence-electron chi connectivity index (χ2n) is 6.94. The number of aromatic nitrogens is 2. The van der Waals surface area contributed by atoms with Crippen molar-refractivity contribution in [2.45, 2.75) is 33.4 Å². The van der Waals surface area contributed by atoms with Crippen molar-refractivity contribution in [3.63, 3.8) is 0 Å². The number of hydrogen-bond acceptors (Lipinski definition) is 3. The van der Waals surface area contributed by atoms with Gasteiger partial charge in [0.25, 0.3) is 11.8 Å². The molecule has 7 nitrogen and oxygen atoms in total. The van der Waals surface area contributed by atoms with Gasteiger partial charge in [-0.1, -0.05) is 12.1 Å². The molecule has 2 aromatic rings. The van der Waals surface area contributed by atoms with Crippen LogP contribution in [0.25, 0.3) is 0 Å². The Bertz CT molecular complexity index is 767. The van der Waals surface area contributed by atoms with E-state index in [9.17, 15) is 9.59 Å². The van der Waals surface area contributed by atoms with Crippen LogP contribution in [0.3, 0.4) is 0 Å². The van der Waals surface area contributed by atoms with Gasteiger partial charge in [-0.05, 0) is 38.5 Å². The Hall–Kier alpha value is -2.67. The minimum atomic E-state index is -0.0953. The number of likely N-dealkylation sites (N-methyl/N-ethyl adjacent to an activating group) is 1. The average Bonchev–Trinajstić information content (AvgIpc) is 2.95. The van der Waals surface area contributed by atoms with Gasteiger partial charge in [0.2, 0.25) is 0 Å². The lowest BCUT2D eigenvalue weighted by molar-refractivity contribution is -0.885. The number of aryl methyl sites for hydroxylation is 3. The van der Waals surface area contributed by atoms with E-state index in [2.05, 4.69) is 21.8 Å². The summed E-state index contributed by atoms with van der Waals surface area (Å²) in [5, 5.41) is 10.00. The average molecular weight is 372 g/mol. The minimum absolute atomic E-state index is 0.0443. The smallest absolute Gasteiger partial charge is 0.275 e. The predicted octanol–water partition coefficient (Wildman–Crippen LogP) is 0.0807. The maximum absolute atomic E-state index is 12.1. The molecule has 1 aromatic carbocycles. The van der Waals surface area contributed by atoms with Crippen molar-refractivity contribution in [1.29, 1.82) is 0 Å². The molecule has 0 aliphatic rings. The third-order valence-electron chi connectivity index (χ3n) is 4.38. The summed E-state index contributed by atoms with van der Waals surface area (Å²) >= 11 is 0. The Labute approximate surface area is 160 Å². The van der Waals surface area contributed by atoms with Crippen LogP contribution in [0.1, 0.15) is 33.7 Å². The zero-order valence-electron chi connectivity index (χ0n) is 16.6. The highest BCUT2D eigenvalue weighted by molar-refractivity contribution is 5.93. The van der Waals surface area contributed by atoms with Crippen molar-refractivity contribution in [2.75, 3.05) is 27.2 Å². The van der Waals surface area contributed by atoms with E-state index in [4.69, 9.17) is 0 Å². The van der Waals surface area contributed by atoms with E-state index >= 15 is 0 Å². The molecule has 0 aliphatic carbocycles. The first kappa shape index (κ1) is 20.6. The summed E-state index contributed by atoms with van der Waals surface area (Å²) in [6.07, 6.45) is 0.855. The van der Waals surface area contributed by atoms with Crippen LogP contribution in [0.2, 0.25) is 0 Å². The molecule has 2 amide bonds. The number of nitrogens with zero attached hydrogens (tertiary/aromatic N) is 2. The number of nitrogens with one attached hydrogen (secondary N) is 3. The standard InChI is InChI=1S/C20H29N5O2/c1-15-12-16(2)25(23-15)11-5-10-22-19(26)14-24(4)13-17-6-8-18(9-7-17)20(27)21-3/h6-9,12H,5,10-11,13-14H2,1-4H3,(H,21,27)(H,22,26)/p+1. The van der Waals surface area contributed by atoms with Crippen LogP contribution in [0.5, 0.6) is 0 Å². The molecule has 0 spiro atoms. The maximum atomic E-state index is 12.1. The first-order valence-corrected chi connectivity index (χ1v) is 9.29. The lowest BCUT2D eigenvalue weighted by Gasteiger charge is -2.14. The van der Waals surface area contributed by atoms with Crippen LogP contribution in [-0.4, -0.2) is 48.8 Å². The summed E-state index contributed by atoms with van der Waals surface area (Å²) in [6, 6.07) is 9.53. The first-order valence-electron chi connectivity index (χ1n) is 9.29. The molecule has 0 radical (unpaired) electrons. The van der Waals surface area contributed by atoms with Crippen molar-refractivity contribution in [3.05, 3.63) is 52.8 Å². The number of hydrogen-bond donors (Lipinski definition) is 3. The summed E-state index contributed by atoms with van der Waals surface area (Å²) in [4.78, 5) is 24.8. The molecule has 0 fully saturated rings. The molecule has 1 atom stereocenters. The fourth-order valence-corrected chi connectivity index (χ4v) is 3.02. The number of quaternary nitrogens is 1. The first-order chi connectivity index (χ1) is 12.9. The van der Waals surface area contributed by atoms with Gasteiger partial charge in [0.1, 0.15) is 6.54 Å². The maximum Gasteiger partial charge on any atom is 0.275 e. The zero-order chi connectivity index (χ0) is 19.8. The van der Waals surface area contributed by atoms with E-state index in [1.165, 1.54) is 0 Å². The summed E-state index contributed by atoms with van der Waals surface area (Å²) < 4.78 is 1.97. The van der Waals surface area contributed by atoms with Crippen molar-refractivity contribution >= 4 is 11.8 Å². The fraction of sp³-hybridized carbons (Fsp3) is 0.450. The van der Waals surface area contributed by atoms with E-state index in [0.29, 0.717) is 18.7 Å². The number of carbonyl (C=O) groups is 2. The number of amides is 2. The Morgan fingerprint density at radius 3 is 2.48 bits per heavy atom. The highest BCUT2D eigenvalue weighted by Crippen LogP contribution is 2.03. The van der Waals surface area contributed by atoms with E-state index in [1.807, 2.05) is 37.7 Å². The van der Waals surface area contributed by atoms with Crippen molar-refractivity contribution in [2.24, 2.45) is 0 Å². The Morgan fingerprint density at radius 2 is 1.89 bits per heavy atom. The second kappa shape index (κ2) is 9.87. The largest absolute Gasteiger partial charge is 0.355 e. The molecule has 0 saturated heterocycles. The van der Waals surface area contributed by atoms with Crippen LogP contribution >= 0.6 is 0 Å². The van der Waals surface area contributed by atoms with Gasteiger partial charge >= 0.3 is 0 Å². The lowest BCUT2D eigenvalue weighted by Crippen LogP contribution is -3.08. The highest BCUT2D eigenvalue weighted by atomic mass is 16.2. The van der Waals surface area contributed by atoms with Gasteiger partial charge in [-0.15, -0.1) is 0 Å². The van der Waals surface area contributed by atoms with Crippen LogP contribution in [0, 0.1) is 13.8 Å². The van der Waals surface area contributed by atoms with Gasteiger partial charge in [-0.3, -0.25) is 14.3 Å². The van der Waals surface area contributed by atoms with Gasteiger partial charge in [0, 0.05) is 37.0 Å². The molecular formula is C20H30N5O2+. The quantitative estimate of drug-likeness (QED) is 0.546. The highest BCUT2D eigenvalue weighted by Gasteiger charge is 2.11. The summed E-state index contributed by atoms with van der Waals surface area (Å²) in [6.45, 7) is 6.62. The SMILES string of the molecule is CNC(=O)c1ccc(C[NH+](C)CC(=O)NCCCn2nc(C)cc2C)cc1. The lowest BCUT2D eigenvalue weighted by atomic mass is 10.1. The molecule has 27 heavy (non-hydrogen) atoms. The molecule has 0 bridgehead atoms. The summed E-state index contributed by atoms with van der Waals surface area (Å²) in [5.41, 5.74) is 3.90. The molecule has 3 N–H and O–H groups in total. The second-order valence-corrected chi connectivity index (χ2v) is 6.94. The van der Waals surface area contributed by atoms with Crippen LogP contribution in [0.4, 0.5) is 0 Å². The van der Waals surface area contributed by atoms with Crippen molar-refractivity contribution in [3.8, 4) is 0 Å². The van der Waals surface area contributed by atoms with Gasteiger partial charge in [-0.2, -0.15) is 5.10 Å². The molecule has 0 saturated carbocycles. The molecule has 2 rings (SSSR count). The minimum Gasteiger partial charge on any atom is -0.355 e. The van der Waals surface area contributed by atoms with Crippen LogP contribution in [-0.2, 0) is 17.9 Å². The van der Waals surface area contributed by atoms with Gasteiger partial charge in [0.15, 0.2) is 6.54 Å². The predicted molar refractivity (Wildman–Crippen MR) is 105 cm³/mol. The van der Waals surface area contributed by atoms with Crippen molar-refractivity contribution < 1.29 is 14.5 Å². The molecule has 1 aromatic heterocycles. The molecule has 7 heteroatoms. The molecular weight excluding hydrogens is 342 g/mol. The number of carbonyl (C=O) groups excluding carboxylic acids is 2. The Morgan fingerprint density at radius 1 is 1.19 bits per heavy atom. The molecule has 1 unspecified atom stereocenters. The molecule has 146 valence electrons. The molecule has 1 heterocycles. The Balaban J connectivity index is 1.69. The van der Waals surface area contributed by atoms with E-state index in [-0.39, 0.29) is 11.8 Å². The monoisotopic (exact) mass is 372 g/mol. The van der Waals surface area contributed by atoms with Crippen molar-refractivity contribution in [1.82, 2.24) is 20.4 Å². The van der Waals surface area contributed by atoms with Crippen LogP contribution < -0.4 is 15.5 Å². The normalized spacial score (nSPS) is 11.9. The Kier molecular flexibility index (Phi) is 7.55. The third-order valence-corrected chi connectivity index (χ3v) is 4.38. The molecule has 0 aliphatic heterocycles. The number of rotatable bonds is 9. The third kappa shape index (κ3) is 6.53. The zero-order valence-corrected chi connectivity index (χ0v) is 16.6. The van der Waals surface area contributed by atoms with E-state index < -0.39 is 0 Å². The van der Waals surface area contributed by atoms with E-state index in [1.54, 1.807) is 19.2 Å². The number of benzene rings is 1. The van der Waals surface area contributed by atoms with Crippen LogP contribution in [0.15, 0.2) is 30.3 Å². The van der Waals surface area contributed by atoms with Gasteiger partial charge in [0.05, 0.1) is 12.7 Å². The summed E-state index contributed by atoms with van der Waals surface area (Å²) in [5.74, 6) is -0.0510.